The minimum absolute atomic E-state index is 0.0235. The molecule has 0 atom stereocenters. The van der Waals surface area contributed by atoms with Gasteiger partial charge in [-0.05, 0) is 38.0 Å². The first-order chi connectivity index (χ1) is 12.5. The third-order valence-corrected chi connectivity index (χ3v) is 3.78. The van der Waals surface area contributed by atoms with E-state index in [9.17, 15) is 9.59 Å². The Labute approximate surface area is 155 Å². The number of carbonyl (C=O) groups is 2. The summed E-state index contributed by atoms with van der Waals surface area (Å²) in [5.74, 6) is 0.188. The molecule has 0 aromatic heterocycles. The molecule has 1 N–H and O–H groups in total. The quantitative estimate of drug-likeness (QED) is 0.792. The Balaban J connectivity index is 1.99. The van der Waals surface area contributed by atoms with Crippen LogP contribution in [0.25, 0.3) is 0 Å². The van der Waals surface area contributed by atoms with Crippen LogP contribution >= 0.6 is 0 Å². The predicted molar refractivity (Wildman–Crippen MR) is 103 cm³/mol. The maximum Gasteiger partial charge on any atom is 0.240 e. The van der Waals surface area contributed by atoms with E-state index in [1.54, 1.807) is 12.1 Å². The molecule has 2 aromatic carbocycles. The van der Waals surface area contributed by atoms with Crippen LogP contribution in [0, 0.1) is 0 Å². The van der Waals surface area contributed by atoms with Gasteiger partial charge in [-0.1, -0.05) is 42.5 Å². The van der Waals surface area contributed by atoms with Crippen LogP contribution in [0.4, 0.5) is 5.69 Å². The monoisotopic (exact) mass is 354 g/mol. The molecule has 26 heavy (non-hydrogen) atoms. The molecular weight excluding hydrogens is 328 g/mol. The zero-order chi connectivity index (χ0) is 18.9. The summed E-state index contributed by atoms with van der Waals surface area (Å²) in [5, 5.41) is 2.87. The van der Waals surface area contributed by atoms with Crippen molar-refractivity contribution in [3.05, 3.63) is 60.2 Å². The molecule has 0 unspecified atom stereocenters. The van der Waals surface area contributed by atoms with Crippen LogP contribution in [0.3, 0.4) is 0 Å². The van der Waals surface area contributed by atoms with Crippen LogP contribution in [0.1, 0.15) is 26.3 Å². The van der Waals surface area contributed by atoms with Crippen molar-refractivity contribution in [2.45, 2.75) is 33.3 Å². The van der Waals surface area contributed by atoms with Crippen molar-refractivity contribution in [3.63, 3.8) is 0 Å². The van der Waals surface area contributed by atoms with Gasteiger partial charge in [0.05, 0.1) is 11.8 Å². The highest BCUT2D eigenvalue weighted by atomic mass is 16.5. The molecular formula is C21H26N2O3. The molecule has 138 valence electrons. The highest BCUT2D eigenvalue weighted by molar-refractivity contribution is 5.98. The number of rotatable bonds is 8. The van der Waals surface area contributed by atoms with Gasteiger partial charge >= 0.3 is 0 Å². The van der Waals surface area contributed by atoms with Crippen molar-refractivity contribution in [2.24, 2.45) is 0 Å². The molecule has 0 radical (unpaired) electrons. The van der Waals surface area contributed by atoms with Crippen LogP contribution in [0.5, 0.6) is 5.75 Å². The molecule has 0 aliphatic rings. The number of para-hydroxylation sites is 2. The zero-order valence-corrected chi connectivity index (χ0v) is 15.6. The van der Waals surface area contributed by atoms with E-state index < -0.39 is 0 Å². The van der Waals surface area contributed by atoms with E-state index in [4.69, 9.17) is 4.74 Å². The van der Waals surface area contributed by atoms with E-state index in [1.807, 2.05) is 56.3 Å². The van der Waals surface area contributed by atoms with Gasteiger partial charge in [0.1, 0.15) is 12.3 Å². The van der Waals surface area contributed by atoms with Crippen molar-refractivity contribution in [2.75, 3.05) is 18.0 Å². The van der Waals surface area contributed by atoms with Gasteiger partial charge in [0, 0.05) is 13.5 Å². The molecule has 0 saturated carbocycles. The molecule has 0 heterocycles. The lowest BCUT2D eigenvalue weighted by Crippen LogP contribution is -2.40. The maximum atomic E-state index is 12.3. The lowest BCUT2D eigenvalue weighted by atomic mass is 10.1. The summed E-state index contributed by atoms with van der Waals surface area (Å²) in [7, 11) is 0. The van der Waals surface area contributed by atoms with Crippen LogP contribution in [0.2, 0.25) is 0 Å². The Morgan fingerprint density at radius 1 is 1.04 bits per heavy atom. The molecule has 2 amide bonds. The number of carbonyl (C=O) groups excluding carboxylic acids is 2. The predicted octanol–water partition coefficient (Wildman–Crippen LogP) is 3.19. The number of ether oxygens (including phenoxy) is 1. The average molecular weight is 354 g/mol. The number of nitrogens with one attached hydrogen (secondary N) is 1. The molecule has 0 saturated heterocycles. The number of amides is 2. The van der Waals surface area contributed by atoms with Gasteiger partial charge in [-0.15, -0.1) is 0 Å². The molecule has 0 bridgehead atoms. The minimum atomic E-state index is -0.206. The van der Waals surface area contributed by atoms with E-state index in [1.165, 1.54) is 11.8 Å². The van der Waals surface area contributed by atoms with Crippen molar-refractivity contribution in [1.29, 1.82) is 0 Å². The van der Waals surface area contributed by atoms with Gasteiger partial charge in [0.15, 0.2) is 0 Å². The standard InChI is InChI=1S/C21H26N2O3/c1-16(2)26-20-12-8-7-11-19(20)23(17(3)24)15-21(25)22-14-13-18-9-5-4-6-10-18/h4-12,16H,13-15H2,1-3H3,(H,22,25). The van der Waals surface area contributed by atoms with E-state index >= 15 is 0 Å². The molecule has 0 aliphatic heterocycles. The zero-order valence-electron chi connectivity index (χ0n) is 15.6. The Bertz CT molecular complexity index is 729. The third kappa shape index (κ3) is 5.92. The van der Waals surface area contributed by atoms with Crippen molar-refractivity contribution in [3.8, 4) is 5.75 Å². The third-order valence-electron chi connectivity index (χ3n) is 3.78. The first kappa shape index (κ1) is 19.5. The summed E-state index contributed by atoms with van der Waals surface area (Å²) in [4.78, 5) is 25.9. The fourth-order valence-electron chi connectivity index (χ4n) is 2.59. The molecule has 0 fully saturated rings. The second-order valence-electron chi connectivity index (χ2n) is 6.33. The lowest BCUT2D eigenvalue weighted by Gasteiger charge is -2.24. The smallest absolute Gasteiger partial charge is 0.240 e. The highest BCUT2D eigenvalue weighted by Crippen LogP contribution is 2.28. The number of anilines is 1. The van der Waals surface area contributed by atoms with E-state index in [-0.39, 0.29) is 24.5 Å². The minimum Gasteiger partial charge on any atom is -0.489 e. The summed E-state index contributed by atoms with van der Waals surface area (Å²) < 4.78 is 5.77. The number of hydrogen-bond donors (Lipinski definition) is 1. The summed E-state index contributed by atoms with van der Waals surface area (Å²) >= 11 is 0. The molecule has 2 rings (SSSR count). The average Bonchev–Trinajstić information content (AvgIpc) is 2.60. The van der Waals surface area contributed by atoms with Gasteiger partial charge in [-0.3, -0.25) is 14.5 Å². The molecule has 0 spiro atoms. The fraction of sp³-hybridized carbons (Fsp3) is 0.333. The van der Waals surface area contributed by atoms with Gasteiger partial charge < -0.3 is 10.1 Å². The molecule has 2 aromatic rings. The summed E-state index contributed by atoms with van der Waals surface area (Å²) in [6.07, 6.45) is 0.726. The molecule has 0 aliphatic carbocycles. The van der Waals surface area contributed by atoms with E-state index in [0.29, 0.717) is 18.0 Å². The Kier molecular flexibility index (Phi) is 7.21. The number of nitrogens with zero attached hydrogens (tertiary/aromatic N) is 1. The SMILES string of the molecule is CC(=O)N(CC(=O)NCCc1ccccc1)c1ccccc1OC(C)C. The normalized spacial score (nSPS) is 10.5. The van der Waals surface area contributed by atoms with Gasteiger partial charge in [-0.2, -0.15) is 0 Å². The second-order valence-corrected chi connectivity index (χ2v) is 6.33. The Morgan fingerprint density at radius 2 is 1.69 bits per heavy atom. The maximum absolute atomic E-state index is 12.3. The first-order valence-electron chi connectivity index (χ1n) is 8.81. The molecule has 5 nitrogen and oxygen atoms in total. The second kappa shape index (κ2) is 9.61. The Hall–Kier alpha value is -2.82. The first-order valence-corrected chi connectivity index (χ1v) is 8.81. The number of benzene rings is 2. The van der Waals surface area contributed by atoms with Crippen molar-refractivity contribution < 1.29 is 14.3 Å². The van der Waals surface area contributed by atoms with Crippen LogP contribution < -0.4 is 15.0 Å². The largest absolute Gasteiger partial charge is 0.489 e. The van der Waals surface area contributed by atoms with Gasteiger partial charge in [0.2, 0.25) is 11.8 Å². The van der Waals surface area contributed by atoms with E-state index in [2.05, 4.69) is 5.32 Å². The van der Waals surface area contributed by atoms with Crippen molar-refractivity contribution >= 4 is 17.5 Å². The van der Waals surface area contributed by atoms with Crippen LogP contribution in [-0.2, 0) is 16.0 Å². The fourth-order valence-corrected chi connectivity index (χ4v) is 2.59. The van der Waals surface area contributed by atoms with Gasteiger partial charge in [0.25, 0.3) is 0 Å². The summed E-state index contributed by atoms with van der Waals surface area (Å²) in [6.45, 7) is 5.78. The Morgan fingerprint density at radius 3 is 2.35 bits per heavy atom. The lowest BCUT2D eigenvalue weighted by molar-refractivity contribution is -0.123. The highest BCUT2D eigenvalue weighted by Gasteiger charge is 2.19. The van der Waals surface area contributed by atoms with Crippen LogP contribution in [0.15, 0.2) is 54.6 Å². The summed E-state index contributed by atoms with van der Waals surface area (Å²) in [5.41, 5.74) is 1.76. The van der Waals surface area contributed by atoms with Crippen molar-refractivity contribution in [1.82, 2.24) is 5.32 Å². The topological polar surface area (TPSA) is 58.6 Å². The van der Waals surface area contributed by atoms with Crippen LogP contribution in [-0.4, -0.2) is 31.0 Å². The van der Waals surface area contributed by atoms with Gasteiger partial charge in [-0.25, -0.2) is 0 Å². The summed E-state index contributed by atoms with van der Waals surface area (Å²) in [6, 6.07) is 17.2. The van der Waals surface area contributed by atoms with E-state index in [0.717, 1.165) is 12.0 Å². The molecule has 5 heteroatoms. The number of hydrogen-bond acceptors (Lipinski definition) is 3.